The van der Waals surface area contributed by atoms with Crippen molar-refractivity contribution >= 4 is 5.97 Å². The van der Waals surface area contributed by atoms with Gasteiger partial charge in [-0.05, 0) is 41.7 Å². The summed E-state index contributed by atoms with van der Waals surface area (Å²) in [6.45, 7) is 14.4. The van der Waals surface area contributed by atoms with Crippen LogP contribution in [0.5, 0.6) is 0 Å². The van der Waals surface area contributed by atoms with Gasteiger partial charge in [0.2, 0.25) is 0 Å². The van der Waals surface area contributed by atoms with Crippen molar-refractivity contribution in [3.8, 4) is 0 Å². The number of carbonyl (C=O) groups excluding carboxylic acids is 1. The molecule has 0 radical (unpaired) electrons. The van der Waals surface area contributed by atoms with E-state index >= 15 is 0 Å². The van der Waals surface area contributed by atoms with Gasteiger partial charge in [0.1, 0.15) is 6.61 Å². The molecule has 1 heterocycles. The summed E-state index contributed by atoms with van der Waals surface area (Å²) in [6.07, 6.45) is 0. The Labute approximate surface area is 123 Å². The van der Waals surface area contributed by atoms with E-state index in [1.165, 1.54) is 0 Å². The summed E-state index contributed by atoms with van der Waals surface area (Å²) in [5.74, 6) is -0.151. The number of carbonyl (C=O) groups is 1. The van der Waals surface area contributed by atoms with Gasteiger partial charge in [-0.3, -0.25) is 14.6 Å². The lowest BCUT2D eigenvalue weighted by molar-refractivity contribution is -0.150. The van der Waals surface area contributed by atoms with E-state index in [1.807, 2.05) is 0 Å². The zero-order valence-corrected chi connectivity index (χ0v) is 13.9. The second-order valence-corrected chi connectivity index (χ2v) is 7.09. The zero-order chi connectivity index (χ0) is 15.4. The largest absolute Gasteiger partial charge is 0.463 e. The molecule has 5 heteroatoms. The van der Waals surface area contributed by atoms with Crippen LogP contribution in [0.15, 0.2) is 0 Å². The van der Waals surface area contributed by atoms with E-state index in [4.69, 9.17) is 9.47 Å². The number of ether oxygens (including phenoxy) is 2. The van der Waals surface area contributed by atoms with Crippen molar-refractivity contribution < 1.29 is 14.3 Å². The van der Waals surface area contributed by atoms with Crippen LogP contribution in [0.4, 0.5) is 0 Å². The Morgan fingerprint density at radius 3 is 2.25 bits per heavy atom. The zero-order valence-electron chi connectivity index (χ0n) is 13.9. The Morgan fingerprint density at radius 2 is 1.75 bits per heavy atom. The molecule has 0 N–H and O–H groups in total. The quantitative estimate of drug-likeness (QED) is 0.714. The molecule has 0 amide bonds. The van der Waals surface area contributed by atoms with Crippen molar-refractivity contribution in [3.63, 3.8) is 0 Å². The number of hydrogen-bond donors (Lipinski definition) is 0. The van der Waals surface area contributed by atoms with E-state index in [1.54, 1.807) is 0 Å². The topological polar surface area (TPSA) is 42.0 Å². The normalized spacial score (nSPS) is 18.4. The Kier molecular flexibility index (Phi) is 5.98. The molecule has 5 nitrogen and oxygen atoms in total. The molecule has 0 aliphatic carbocycles. The molecular formula is C15H30N2O3. The summed E-state index contributed by atoms with van der Waals surface area (Å²) in [6, 6.07) is 0. The second kappa shape index (κ2) is 6.87. The van der Waals surface area contributed by atoms with Gasteiger partial charge in [-0.2, -0.15) is 0 Å². The van der Waals surface area contributed by atoms with Gasteiger partial charge < -0.3 is 9.47 Å². The molecule has 1 fully saturated rings. The molecular weight excluding hydrogens is 256 g/mol. The SMILES string of the molecule is CN(C(C)(C)C)C(C)(C)COC(=O)CN1CCOCC1. The summed E-state index contributed by atoms with van der Waals surface area (Å²) >= 11 is 0. The molecule has 118 valence electrons. The maximum atomic E-state index is 11.9. The Morgan fingerprint density at radius 1 is 1.20 bits per heavy atom. The molecule has 0 saturated carbocycles. The van der Waals surface area contributed by atoms with E-state index in [9.17, 15) is 4.79 Å². The summed E-state index contributed by atoms with van der Waals surface area (Å²) in [5.41, 5.74) is -0.140. The maximum absolute atomic E-state index is 11.9. The highest BCUT2D eigenvalue weighted by Crippen LogP contribution is 2.23. The van der Waals surface area contributed by atoms with Crippen molar-refractivity contribution in [2.24, 2.45) is 0 Å². The highest BCUT2D eigenvalue weighted by Gasteiger charge is 2.33. The Balaban J connectivity index is 2.39. The smallest absolute Gasteiger partial charge is 0.320 e. The molecule has 1 aliphatic rings. The number of likely N-dealkylation sites (N-methyl/N-ethyl adjacent to an activating group) is 1. The first-order chi connectivity index (χ1) is 9.13. The molecule has 0 aromatic rings. The summed E-state index contributed by atoms with van der Waals surface area (Å²) in [5, 5.41) is 0. The first kappa shape index (κ1) is 17.4. The molecule has 20 heavy (non-hydrogen) atoms. The monoisotopic (exact) mass is 286 g/mol. The average molecular weight is 286 g/mol. The van der Waals surface area contributed by atoms with Gasteiger partial charge >= 0.3 is 5.97 Å². The number of morpholine rings is 1. The van der Waals surface area contributed by atoms with E-state index in [0.717, 1.165) is 13.1 Å². The van der Waals surface area contributed by atoms with Crippen molar-refractivity contribution in [2.75, 3.05) is 46.5 Å². The van der Waals surface area contributed by atoms with Crippen LogP contribution in [0.3, 0.4) is 0 Å². The minimum absolute atomic E-state index is 0.0418. The van der Waals surface area contributed by atoms with Crippen LogP contribution < -0.4 is 0 Å². The van der Waals surface area contributed by atoms with Crippen molar-refractivity contribution in [1.29, 1.82) is 0 Å². The molecule has 1 saturated heterocycles. The summed E-state index contributed by atoms with van der Waals surface area (Å²) in [4.78, 5) is 16.2. The van der Waals surface area contributed by atoms with E-state index < -0.39 is 0 Å². The third-order valence-corrected chi connectivity index (χ3v) is 3.96. The van der Waals surface area contributed by atoms with Crippen molar-refractivity contribution in [3.05, 3.63) is 0 Å². The van der Waals surface area contributed by atoms with Crippen LogP contribution in [-0.4, -0.2) is 73.3 Å². The van der Waals surface area contributed by atoms with Gasteiger partial charge in [-0.15, -0.1) is 0 Å². The summed E-state index contributed by atoms with van der Waals surface area (Å²) in [7, 11) is 2.07. The fraction of sp³-hybridized carbons (Fsp3) is 0.933. The number of nitrogens with zero attached hydrogens (tertiary/aromatic N) is 2. The fourth-order valence-electron chi connectivity index (χ4n) is 2.25. The van der Waals surface area contributed by atoms with Gasteiger partial charge in [-0.25, -0.2) is 0 Å². The van der Waals surface area contributed by atoms with E-state index in [2.05, 4.69) is 51.5 Å². The molecule has 0 unspecified atom stereocenters. The Hall–Kier alpha value is -0.650. The maximum Gasteiger partial charge on any atom is 0.320 e. The number of hydrogen-bond acceptors (Lipinski definition) is 5. The molecule has 1 rings (SSSR count). The van der Waals surface area contributed by atoms with E-state index in [-0.39, 0.29) is 17.0 Å². The van der Waals surface area contributed by atoms with Crippen LogP contribution >= 0.6 is 0 Å². The average Bonchev–Trinajstić information content (AvgIpc) is 2.36. The van der Waals surface area contributed by atoms with Gasteiger partial charge in [0.15, 0.2) is 0 Å². The molecule has 0 bridgehead atoms. The van der Waals surface area contributed by atoms with Gasteiger partial charge in [0.25, 0.3) is 0 Å². The highest BCUT2D eigenvalue weighted by molar-refractivity contribution is 5.71. The molecule has 0 atom stereocenters. The molecule has 0 aromatic heterocycles. The third-order valence-electron chi connectivity index (χ3n) is 3.96. The first-order valence-corrected chi connectivity index (χ1v) is 7.32. The van der Waals surface area contributed by atoms with Crippen LogP contribution in [0.25, 0.3) is 0 Å². The summed E-state index contributed by atoms with van der Waals surface area (Å²) < 4.78 is 10.7. The van der Waals surface area contributed by atoms with Gasteiger partial charge in [-0.1, -0.05) is 0 Å². The standard InChI is InChI=1S/C15H30N2O3/c1-14(2,3)16(6)15(4,5)12-20-13(18)11-17-7-9-19-10-8-17/h7-12H2,1-6H3. The lowest BCUT2D eigenvalue weighted by Crippen LogP contribution is -2.54. The van der Waals surface area contributed by atoms with E-state index in [0.29, 0.717) is 26.4 Å². The fourth-order valence-corrected chi connectivity index (χ4v) is 2.25. The third kappa shape index (κ3) is 5.38. The lowest BCUT2D eigenvalue weighted by atomic mass is 9.96. The Bertz CT molecular complexity index is 318. The van der Waals surface area contributed by atoms with Crippen molar-refractivity contribution in [1.82, 2.24) is 9.80 Å². The predicted molar refractivity (Wildman–Crippen MR) is 79.8 cm³/mol. The second-order valence-electron chi connectivity index (χ2n) is 7.09. The number of rotatable bonds is 5. The lowest BCUT2D eigenvalue weighted by Gasteiger charge is -2.44. The molecule has 0 aromatic carbocycles. The first-order valence-electron chi connectivity index (χ1n) is 7.32. The number of esters is 1. The molecule has 1 aliphatic heterocycles. The minimum Gasteiger partial charge on any atom is -0.463 e. The van der Waals surface area contributed by atoms with Gasteiger partial charge in [0.05, 0.1) is 19.8 Å². The van der Waals surface area contributed by atoms with Crippen LogP contribution in [0.2, 0.25) is 0 Å². The predicted octanol–water partition coefficient (Wildman–Crippen LogP) is 1.37. The van der Waals surface area contributed by atoms with Crippen LogP contribution in [0, 0.1) is 0 Å². The van der Waals surface area contributed by atoms with Crippen LogP contribution in [-0.2, 0) is 14.3 Å². The van der Waals surface area contributed by atoms with Crippen molar-refractivity contribution in [2.45, 2.75) is 45.7 Å². The molecule has 0 spiro atoms. The highest BCUT2D eigenvalue weighted by atomic mass is 16.5. The van der Waals surface area contributed by atoms with Crippen LogP contribution in [0.1, 0.15) is 34.6 Å². The van der Waals surface area contributed by atoms with Gasteiger partial charge in [0, 0.05) is 24.2 Å². The minimum atomic E-state index is -0.182.